The first-order valence-corrected chi connectivity index (χ1v) is 9.65. The quantitative estimate of drug-likeness (QED) is 0.446. The normalized spacial score (nSPS) is 11.1. The van der Waals surface area contributed by atoms with Gasteiger partial charge in [0.15, 0.2) is 0 Å². The van der Waals surface area contributed by atoms with E-state index in [1.165, 1.54) is 0 Å². The number of carbonyl (C=O) groups excluding carboxylic acids is 1. The molecule has 2 amide bonds. The van der Waals surface area contributed by atoms with Crippen LogP contribution >= 0.6 is 11.6 Å². The largest absolute Gasteiger partial charge is 0.342 e. The van der Waals surface area contributed by atoms with Crippen LogP contribution in [-0.2, 0) is 15.3 Å². The van der Waals surface area contributed by atoms with Crippen LogP contribution in [-0.4, -0.2) is 25.8 Å². The maximum absolute atomic E-state index is 12.3. The lowest BCUT2D eigenvalue weighted by Gasteiger charge is -2.35. The number of urea groups is 1. The third kappa shape index (κ3) is 5.13. The van der Waals surface area contributed by atoms with Crippen molar-refractivity contribution in [2.45, 2.75) is 26.6 Å². The van der Waals surface area contributed by atoms with Crippen LogP contribution in [0.25, 0.3) is 0 Å². The molecule has 2 aromatic rings. The van der Waals surface area contributed by atoms with Gasteiger partial charge in [0.1, 0.15) is 0 Å². The molecular formula is C22H27ClN2O3. The molecule has 0 heterocycles. The zero-order chi connectivity index (χ0) is 20.6. The molecule has 2 N–H and O–H groups in total. The van der Waals surface area contributed by atoms with Gasteiger partial charge in [-0.25, -0.2) is 4.79 Å². The molecule has 0 radical (unpaired) electrons. The van der Waals surface area contributed by atoms with Crippen LogP contribution < -0.4 is 10.6 Å². The lowest BCUT2D eigenvalue weighted by Crippen LogP contribution is -2.37. The van der Waals surface area contributed by atoms with Crippen LogP contribution in [0.3, 0.4) is 0 Å². The van der Waals surface area contributed by atoms with E-state index < -0.39 is 5.79 Å². The molecule has 6 heteroatoms. The first-order valence-electron chi connectivity index (χ1n) is 9.27. The van der Waals surface area contributed by atoms with Gasteiger partial charge >= 0.3 is 6.03 Å². The predicted molar refractivity (Wildman–Crippen MR) is 114 cm³/mol. The number of hydrogen-bond acceptors (Lipinski definition) is 3. The summed E-state index contributed by atoms with van der Waals surface area (Å²) in [5.74, 6) is -1.18. The minimum Gasteiger partial charge on any atom is -0.342 e. The first kappa shape index (κ1) is 22.0. The van der Waals surface area contributed by atoms with Crippen molar-refractivity contribution in [2.75, 3.05) is 25.1 Å². The van der Waals surface area contributed by atoms with Gasteiger partial charge in [0.2, 0.25) is 5.79 Å². The highest BCUT2D eigenvalue weighted by Crippen LogP contribution is 2.40. The summed E-state index contributed by atoms with van der Waals surface area (Å²) in [6, 6.07) is 12.7. The molecule has 5 nitrogen and oxygen atoms in total. The van der Waals surface area contributed by atoms with Crippen molar-refractivity contribution in [1.29, 1.82) is 0 Å². The molecule has 0 aliphatic heterocycles. The Morgan fingerprint density at radius 1 is 1.14 bits per heavy atom. The summed E-state index contributed by atoms with van der Waals surface area (Å²) in [5, 5.41) is 6.23. The number of benzene rings is 2. The maximum Gasteiger partial charge on any atom is 0.319 e. The zero-order valence-electron chi connectivity index (χ0n) is 16.5. The monoisotopic (exact) mass is 402 g/mol. The molecule has 0 aromatic heterocycles. The molecule has 0 saturated heterocycles. The number of hydrogen-bond donors (Lipinski definition) is 2. The van der Waals surface area contributed by atoms with Crippen LogP contribution in [0.1, 0.15) is 30.5 Å². The summed E-state index contributed by atoms with van der Waals surface area (Å²) in [6.07, 6.45) is 1.62. The second-order valence-electron chi connectivity index (χ2n) is 6.16. The van der Waals surface area contributed by atoms with Crippen molar-refractivity contribution in [3.05, 3.63) is 76.8 Å². The van der Waals surface area contributed by atoms with Crippen molar-refractivity contribution < 1.29 is 14.3 Å². The molecule has 28 heavy (non-hydrogen) atoms. The summed E-state index contributed by atoms with van der Waals surface area (Å²) in [5.41, 5.74) is 3.13. The van der Waals surface area contributed by atoms with Crippen molar-refractivity contribution in [1.82, 2.24) is 5.32 Å². The fraction of sp³-hybridized carbons (Fsp3) is 0.318. The molecule has 0 fully saturated rings. The number of anilines is 1. The molecule has 150 valence electrons. The van der Waals surface area contributed by atoms with Gasteiger partial charge in [-0.15, -0.1) is 6.58 Å². The van der Waals surface area contributed by atoms with E-state index >= 15 is 0 Å². The third-order valence-electron chi connectivity index (χ3n) is 4.10. The van der Waals surface area contributed by atoms with Gasteiger partial charge in [-0.2, -0.15) is 0 Å². The number of rotatable bonds is 9. The van der Waals surface area contributed by atoms with Gasteiger partial charge in [-0.1, -0.05) is 41.4 Å². The minimum atomic E-state index is -1.18. The Morgan fingerprint density at radius 3 is 2.36 bits per heavy atom. The summed E-state index contributed by atoms with van der Waals surface area (Å²) in [4.78, 5) is 12.3. The van der Waals surface area contributed by atoms with Gasteiger partial charge in [0.05, 0.1) is 5.69 Å². The number of aryl methyl sites for hydroxylation is 1. The predicted octanol–water partition coefficient (Wildman–Crippen LogP) is 5.23. The maximum atomic E-state index is 12.3. The molecule has 0 saturated carbocycles. The average Bonchev–Trinajstić information content (AvgIpc) is 2.68. The Morgan fingerprint density at radius 2 is 1.79 bits per heavy atom. The highest BCUT2D eigenvalue weighted by Gasteiger charge is 2.38. The van der Waals surface area contributed by atoms with Crippen molar-refractivity contribution in [2.24, 2.45) is 0 Å². The van der Waals surface area contributed by atoms with E-state index in [4.69, 9.17) is 21.1 Å². The Hall–Kier alpha value is -2.34. The molecule has 0 atom stereocenters. The molecule has 0 aliphatic carbocycles. The zero-order valence-corrected chi connectivity index (χ0v) is 17.3. The van der Waals surface area contributed by atoms with Gasteiger partial charge in [0, 0.05) is 35.9 Å². The number of ether oxygens (including phenoxy) is 2. The Labute approximate surface area is 171 Å². The van der Waals surface area contributed by atoms with Gasteiger partial charge in [0.25, 0.3) is 0 Å². The highest BCUT2D eigenvalue weighted by molar-refractivity contribution is 6.30. The Balaban J connectivity index is 2.61. The second-order valence-corrected chi connectivity index (χ2v) is 6.60. The molecule has 0 spiro atoms. The van der Waals surface area contributed by atoms with Gasteiger partial charge < -0.3 is 20.1 Å². The lowest BCUT2D eigenvalue weighted by atomic mass is 9.93. The molecular weight excluding hydrogens is 376 g/mol. The minimum absolute atomic E-state index is 0.331. The summed E-state index contributed by atoms with van der Waals surface area (Å²) < 4.78 is 12.4. The van der Waals surface area contributed by atoms with Crippen molar-refractivity contribution >= 4 is 23.3 Å². The van der Waals surface area contributed by atoms with E-state index in [9.17, 15) is 4.79 Å². The average molecular weight is 403 g/mol. The highest BCUT2D eigenvalue weighted by atomic mass is 35.5. The van der Waals surface area contributed by atoms with Crippen molar-refractivity contribution in [3.8, 4) is 0 Å². The van der Waals surface area contributed by atoms with Crippen molar-refractivity contribution in [3.63, 3.8) is 0 Å². The molecule has 0 bridgehead atoms. The standard InChI is InChI=1S/C22H27ClN2O3/c1-5-14-24-21(26)25-20-13-8-16(4)15-19(20)22(27-6-2,28-7-3)17-9-11-18(23)12-10-17/h5,8-13,15H,1,6-7,14H2,2-4H3,(H2,24,25,26). The van der Waals surface area contributed by atoms with E-state index in [1.54, 1.807) is 18.2 Å². The number of carbonyl (C=O) groups is 1. The SMILES string of the molecule is C=CCNC(=O)Nc1ccc(C)cc1C(OCC)(OCC)c1ccc(Cl)cc1. The number of halogens is 1. The van der Waals surface area contributed by atoms with Crippen LogP contribution in [0.2, 0.25) is 5.02 Å². The molecule has 2 rings (SSSR count). The molecule has 2 aromatic carbocycles. The second kappa shape index (κ2) is 10.3. The van der Waals surface area contributed by atoms with Crippen LogP contribution in [0.15, 0.2) is 55.1 Å². The Bertz CT molecular complexity index is 800. The summed E-state index contributed by atoms with van der Waals surface area (Å²) in [7, 11) is 0. The Kier molecular flexibility index (Phi) is 8.05. The van der Waals surface area contributed by atoms with E-state index in [1.807, 2.05) is 51.1 Å². The number of amides is 2. The fourth-order valence-corrected chi connectivity index (χ4v) is 3.09. The van der Waals surface area contributed by atoms with Crippen LogP contribution in [0.5, 0.6) is 0 Å². The van der Waals surface area contributed by atoms with E-state index in [-0.39, 0.29) is 6.03 Å². The first-order chi connectivity index (χ1) is 13.5. The molecule has 0 aliphatic rings. The van der Waals surface area contributed by atoms with Gasteiger partial charge in [-0.05, 0) is 45.0 Å². The lowest BCUT2D eigenvalue weighted by molar-refractivity contribution is -0.212. The van der Waals surface area contributed by atoms with Gasteiger partial charge in [-0.3, -0.25) is 0 Å². The van der Waals surface area contributed by atoms with E-state index in [2.05, 4.69) is 17.2 Å². The topological polar surface area (TPSA) is 59.6 Å². The van der Waals surface area contributed by atoms with E-state index in [0.717, 1.165) is 11.1 Å². The van der Waals surface area contributed by atoms with Crippen LogP contribution in [0.4, 0.5) is 10.5 Å². The van der Waals surface area contributed by atoms with E-state index in [0.29, 0.717) is 36.0 Å². The third-order valence-corrected chi connectivity index (χ3v) is 4.36. The summed E-state index contributed by atoms with van der Waals surface area (Å²) >= 11 is 6.08. The fourth-order valence-electron chi connectivity index (χ4n) is 2.97. The number of nitrogens with one attached hydrogen (secondary N) is 2. The smallest absolute Gasteiger partial charge is 0.319 e. The van der Waals surface area contributed by atoms with Crippen LogP contribution in [0, 0.1) is 6.92 Å². The molecule has 0 unspecified atom stereocenters. The summed E-state index contributed by atoms with van der Waals surface area (Å²) in [6.45, 7) is 10.6.